The summed E-state index contributed by atoms with van der Waals surface area (Å²) < 4.78 is 4.94. The zero-order valence-corrected chi connectivity index (χ0v) is 9.85. The van der Waals surface area contributed by atoms with E-state index in [2.05, 4.69) is 4.74 Å². The summed E-state index contributed by atoms with van der Waals surface area (Å²) in [5.74, 6) is -0.773. The molecule has 1 aromatic carbocycles. The van der Waals surface area contributed by atoms with Crippen LogP contribution in [0.4, 0.5) is 11.4 Å². The summed E-state index contributed by atoms with van der Waals surface area (Å²) in [6.45, 7) is 0. The largest absolute Gasteiger partial charge is 0.465 e. The summed E-state index contributed by atoms with van der Waals surface area (Å²) in [5, 5.41) is 10.7. The van der Waals surface area contributed by atoms with Crippen LogP contribution < -0.4 is 5.73 Å². The average Bonchev–Trinajstić information content (AvgIpc) is 2.20. The molecule has 1 rings (SSSR count). The van der Waals surface area contributed by atoms with Gasteiger partial charge >= 0.3 is 5.97 Å². The number of halogens is 1. The molecular weight excluding hydrogens is 315 g/mol. The number of nitrogen functional groups attached to an aromatic ring is 1. The second-order valence-electron chi connectivity index (χ2n) is 2.64. The third-order valence-electron chi connectivity index (χ3n) is 1.72. The number of rotatable bonds is 2. The van der Waals surface area contributed by atoms with Crippen molar-refractivity contribution in [1.82, 2.24) is 0 Å². The maximum atomic E-state index is 11.2. The molecule has 0 bridgehead atoms. The number of nitro benzene ring substituents is 1. The van der Waals surface area contributed by atoms with Crippen LogP contribution in [-0.4, -0.2) is 18.0 Å². The van der Waals surface area contributed by atoms with Crippen LogP contribution in [0.15, 0.2) is 12.1 Å². The van der Waals surface area contributed by atoms with E-state index in [0.717, 1.165) is 7.11 Å². The first-order chi connectivity index (χ1) is 6.97. The Kier molecular flexibility index (Phi) is 3.45. The Morgan fingerprint density at radius 1 is 1.60 bits per heavy atom. The summed E-state index contributed by atoms with van der Waals surface area (Å²) >= 11 is 1.85. The standard InChI is InChI=1S/C8H7IN2O4/c1-15-8(12)4-2-6(10)5(9)3-7(4)11(13)14/h2-3H,10H2,1H3. The van der Waals surface area contributed by atoms with Crippen LogP contribution in [0.5, 0.6) is 0 Å². The highest BCUT2D eigenvalue weighted by molar-refractivity contribution is 14.1. The van der Waals surface area contributed by atoms with Crippen molar-refractivity contribution in [2.24, 2.45) is 0 Å². The molecule has 15 heavy (non-hydrogen) atoms. The molecule has 0 heterocycles. The van der Waals surface area contributed by atoms with Crippen LogP contribution in [0.25, 0.3) is 0 Å². The first-order valence-electron chi connectivity index (χ1n) is 3.79. The average molecular weight is 322 g/mol. The molecule has 0 spiro atoms. The summed E-state index contributed by atoms with van der Waals surface area (Å²) in [7, 11) is 1.15. The molecule has 7 heteroatoms. The van der Waals surface area contributed by atoms with E-state index in [-0.39, 0.29) is 11.3 Å². The van der Waals surface area contributed by atoms with Crippen LogP contribution in [-0.2, 0) is 4.74 Å². The SMILES string of the molecule is COC(=O)c1cc(N)c(I)cc1[N+](=O)[O-]. The molecule has 0 aliphatic heterocycles. The fraction of sp³-hybridized carbons (Fsp3) is 0.125. The Bertz CT molecular complexity index is 433. The molecule has 0 aromatic heterocycles. The van der Waals surface area contributed by atoms with Crippen LogP contribution in [0, 0.1) is 13.7 Å². The molecule has 0 aliphatic carbocycles. The summed E-state index contributed by atoms with van der Waals surface area (Å²) in [5.41, 5.74) is 5.41. The highest BCUT2D eigenvalue weighted by atomic mass is 127. The predicted molar refractivity (Wildman–Crippen MR) is 61.6 cm³/mol. The molecule has 2 N–H and O–H groups in total. The molecule has 0 saturated carbocycles. The lowest BCUT2D eigenvalue weighted by molar-refractivity contribution is -0.385. The molecule has 1 aromatic rings. The number of nitrogens with zero attached hydrogens (tertiary/aromatic N) is 1. The molecule has 0 unspecified atom stereocenters. The zero-order chi connectivity index (χ0) is 11.6. The molecule has 6 nitrogen and oxygen atoms in total. The van der Waals surface area contributed by atoms with Gasteiger partial charge in [-0.25, -0.2) is 4.79 Å². The molecule has 0 aliphatic rings. The Labute approximate surface area is 98.7 Å². The lowest BCUT2D eigenvalue weighted by atomic mass is 10.1. The van der Waals surface area contributed by atoms with Gasteiger partial charge in [0, 0.05) is 15.3 Å². The van der Waals surface area contributed by atoms with Gasteiger partial charge in [0.05, 0.1) is 12.0 Å². The number of ether oxygens (including phenoxy) is 1. The number of methoxy groups -OCH3 is 1. The fourth-order valence-corrected chi connectivity index (χ4v) is 1.45. The lowest BCUT2D eigenvalue weighted by Crippen LogP contribution is -2.07. The van der Waals surface area contributed by atoms with Crippen molar-refractivity contribution in [1.29, 1.82) is 0 Å². The van der Waals surface area contributed by atoms with Gasteiger partial charge in [-0.2, -0.15) is 0 Å². The van der Waals surface area contributed by atoms with Crippen molar-refractivity contribution in [2.45, 2.75) is 0 Å². The molecule has 0 radical (unpaired) electrons. The third-order valence-corrected chi connectivity index (χ3v) is 2.65. The van der Waals surface area contributed by atoms with Gasteiger partial charge in [-0.1, -0.05) is 0 Å². The number of nitro groups is 1. The van der Waals surface area contributed by atoms with Gasteiger partial charge in [-0.05, 0) is 28.7 Å². The van der Waals surface area contributed by atoms with Gasteiger partial charge in [-0.3, -0.25) is 10.1 Å². The second kappa shape index (κ2) is 4.43. The number of hydrogen-bond donors (Lipinski definition) is 1. The van der Waals surface area contributed by atoms with Gasteiger partial charge < -0.3 is 10.5 Å². The van der Waals surface area contributed by atoms with Gasteiger partial charge in [0.1, 0.15) is 5.56 Å². The first kappa shape index (κ1) is 11.7. The van der Waals surface area contributed by atoms with E-state index in [0.29, 0.717) is 9.26 Å². The third kappa shape index (κ3) is 2.35. The highest BCUT2D eigenvalue weighted by Crippen LogP contribution is 2.26. The van der Waals surface area contributed by atoms with E-state index in [1.807, 2.05) is 22.6 Å². The Morgan fingerprint density at radius 3 is 2.67 bits per heavy atom. The number of anilines is 1. The molecule has 0 saturated heterocycles. The number of esters is 1. The van der Waals surface area contributed by atoms with E-state index in [4.69, 9.17) is 5.73 Å². The van der Waals surface area contributed by atoms with Crippen LogP contribution in [0.2, 0.25) is 0 Å². The number of carbonyl (C=O) groups is 1. The molecule has 0 atom stereocenters. The van der Waals surface area contributed by atoms with Crippen molar-refractivity contribution in [2.75, 3.05) is 12.8 Å². The van der Waals surface area contributed by atoms with E-state index < -0.39 is 10.9 Å². The zero-order valence-electron chi connectivity index (χ0n) is 7.69. The van der Waals surface area contributed by atoms with Crippen molar-refractivity contribution in [3.05, 3.63) is 31.4 Å². The van der Waals surface area contributed by atoms with E-state index in [1.54, 1.807) is 0 Å². The van der Waals surface area contributed by atoms with Crippen molar-refractivity contribution < 1.29 is 14.5 Å². The Balaban J connectivity index is 3.41. The lowest BCUT2D eigenvalue weighted by Gasteiger charge is -2.03. The number of nitrogens with two attached hydrogens (primary N) is 1. The minimum atomic E-state index is -0.773. The van der Waals surface area contributed by atoms with E-state index in [1.165, 1.54) is 12.1 Å². The Hall–Kier alpha value is -1.38. The van der Waals surface area contributed by atoms with Crippen molar-refractivity contribution in [3.8, 4) is 0 Å². The summed E-state index contributed by atoms with van der Waals surface area (Å²) in [4.78, 5) is 21.2. The van der Waals surface area contributed by atoms with Gasteiger partial charge in [0.25, 0.3) is 5.69 Å². The van der Waals surface area contributed by atoms with E-state index >= 15 is 0 Å². The molecule has 0 fully saturated rings. The number of carbonyl (C=O) groups excluding carboxylic acids is 1. The fourth-order valence-electron chi connectivity index (χ4n) is 1.00. The van der Waals surface area contributed by atoms with Gasteiger partial charge in [-0.15, -0.1) is 0 Å². The summed E-state index contributed by atoms with van der Waals surface area (Å²) in [6, 6.07) is 2.48. The topological polar surface area (TPSA) is 95.5 Å². The van der Waals surface area contributed by atoms with Gasteiger partial charge in [0.2, 0.25) is 0 Å². The minimum Gasteiger partial charge on any atom is -0.465 e. The van der Waals surface area contributed by atoms with Gasteiger partial charge in [0.15, 0.2) is 0 Å². The molecule has 80 valence electrons. The maximum absolute atomic E-state index is 11.2. The summed E-state index contributed by atoms with van der Waals surface area (Å²) in [6.07, 6.45) is 0. The minimum absolute atomic E-state index is 0.139. The second-order valence-corrected chi connectivity index (χ2v) is 3.80. The smallest absolute Gasteiger partial charge is 0.344 e. The predicted octanol–water partition coefficient (Wildman–Crippen LogP) is 1.57. The number of benzene rings is 1. The first-order valence-corrected chi connectivity index (χ1v) is 4.87. The maximum Gasteiger partial charge on any atom is 0.344 e. The van der Waals surface area contributed by atoms with Crippen LogP contribution in [0.1, 0.15) is 10.4 Å². The quantitative estimate of drug-likeness (QED) is 0.293. The molecule has 0 amide bonds. The highest BCUT2D eigenvalue weighted by Gasteiger charge is 2.22. The van der Waals surface area contributed by atoms with E-state index in [9.17, 15) is 14.9 Å². The van der Waals surface area contributed by atoms with Crippen LogP contribution in [0.3, 0.4) is 0 Å². The molecular formula is C8H7IN2O4. The number of hydrogen-bond acceptors (Lipinski definition) is 5. The Morgan fingerprint density at radius 2 is 2.20 bits per heavy atom. The van der Waals surface area contributed by atoms with Crippen LogP contribution >= 0.6 is 22.6 Å². The van der Waals surface area contributed by atoms with Crippen molar-refractivity contribution >= 4 is 39.9 Å². The van der Waals surface area contributed by atoms with Crippen molar-refractivity contribution in [3.63, 3.8) is 0 Å². The monoisotopic (exact) mass is 322 g/mol. The normalized spacial score (nSPS) is 9.73.